The van der Waals surface area contributed by atoms with Gasteiger partial charge >= 0.3 is 0 Å². The fourth-order valence-corrected chi connectivity index (χ4v) is 3.58. The first-order valence-corrected chi connectivity index (χ1v) is 8.49. The number of amides is 1. The van der Waals surface area contributed by atoms with Crippen molar-refractivity contribution in [1.29, 1.82) is 0 Å². The predicted octanol–water partition coefficient (Wildman–Crippen LogP) is 1.72. The Labute approximate surface area is 145 Å². The molecule has 4 nitrogen and oxygen atoms in total. The van der Waals surface area contributed by atoms with E-state index in [4.69, 9.17) is 0 Å². The first-order chi connectivity index (χ1) is 10.7. The second kappa shape index (κ2) is 8.67. The van der Waals surface area contributed by atoms with E-state index in [1.807, 2.05) is 4.90 Å². The lowest BCUT2D eigenvalue weighted by atomic mass is 9.87. The quantitative estimate of drug-likeness (QED) is 0.908. The van der Waals surface area contributed by atoms with Crippen LogP contribution in [-0.2, 0) is 17.6 Å². The van der Waals surface area contributed by atoms with Gasteiger partial charge in [-0.2, -0.15) is 0 Å². The van der Waals surface area contributed by atoms with Gasteiger partial charge in [-0.1, -0.05) is 24.3 Å². The highest BCUT2D eigenvalue weighted by Crippen LogP contribution is 2.23. The summed E-state index contributed by atoms with van der Waals surface area (Å²) in [6.45, 7) is 4.45. The van der Waals surface area contributed by atoms with Gasteiger partial charge in [0.15, 0.2) is 0 Å². The minimum Gasteiger partial charge on any atom is -0.340 e. The van der Waals surface area contributed by atoms with Crippen LogP contribution in [0.2, 0.25) is 0 Å². The standard InChI is InChI=1S/C18H27N3O.ClH/c1-20(11-8-18(22)21-12-9-19-10-13-21)17-7-6-15-4-2-3-5-16(15)14-17;/h2-5,17,19H,6-14H2,1H3;1H. The van der Waals surface area contributed by atoms with E-state index in [0.717, 1.165) is 45.6 Å². The zero-order chi connectivity index (χ0) is 15.4. The average molecular weight is 338 g/mol. The summed E-state index contributed by atoms with van der Waals surface area (Å²) in [6.07, 6.45) is 4.13. The Morgan fingerprint density at radius 1 is 1.26 bits per heavy atom. The van der Waals surface area contributed by atoms with E-state index in [9.17, 15) is 4.79 Å². The van der Waals surface area contributed by atoms with E-state index < -0.39 is 0 Å². The third-order valence-electron chi connectivity index (χ3n) is 5.09. The van der Waals surface area contributed by atoms with Gasteiger partial charge in [-0.15, -0.1) is 12.4 Å². The molecule has 1 atom stereocenters. The van der Waals surface area contributed by atoms with Crippen LogP contribution in [0.5, 0.6) is 0 Å². The molecule has 1 aliphatic carbocycles. The number of nitrogens with zero attached hydrogens (tertiary/aromatic N) is 2. The number of benzene rings is 1. The van der Waals surface area contributed by atoms with Crippen LogP contribution in [0.25, 0.3) is 0 Å². The molecular weight excluding hydrogens is 310 g/mol. The predicted molar refractivity (Wildman–Crippen MR) is 96.2 cm³/mol. The second-order valence-electron chi connectivity index (χ2n) is 6.53. The minimum atomic E-state index is 0. The van der Waals surface area contributed by atoms with E-state index >= 15 is 0 Å². The van der Waals surface area contributed by atoms with Crippen LogP contribution in [-0.4, -0.2) is 61.5 Å². The van der Waals surface area contributed by atoms with E-state index in [2.05, 4.69) is 41.5 Å². The highest BCUT2D eigenvalue weighted by Gasteiger charge is 2.23. The summed E-state index contributed by atoms with van der Waals surface area (Å²) in [7, 11) is 2.17. The summed E-state index contributed by atoms with van der Waals surface area (Å²) in [5.74, 6) is 0.310. The second-order valence-corrected chi connectivity index (χ2v) is 6.53. The Hall–Kier alpha value is -1.10. The Bertz CT molecular complexity index is 517. The highest BCUT2D eigenvalue weighted by molar-refractivity contribution is 5.85. The molecule has 1 fully saturated rings. The van der Waals surface area contributed by atoms with Crippen molar-refractivity contribution in [3.8, 4) is 0 Å². The average Bonchev–Trinajstić information content (AvgIpc) is 2.59. The van der Waals surface area contributed by atoms with E-state index in [0.29, 0.717) is 18.4 Å². The maximum atomic E-state index is 12.3. The van der Waals surface area contributed by atoms with E-state index in [-0.39, 0.29) is 12.4 Å². The van der Waals surface area contributed by atoms with Crippen LogP contribution in [0, 0.1) is 0 Å². The van der Waals surface area contributed by atoms with Gasteiger partial charge in [-0.3, -0.25) is 4.79 Å². The van der Waals surface area contributed by atoms with Crippen LogP contribution in [0.1, 0.15) is 24.0 Å². The lowest BCUT2D eigenvalue weighted by molar-refractivity contribution is -0.132. The molecule has 1 aromatic carbocycles. The lowest BCUT2D eigenvalue weighted by Gasteiger charge is -2.33. The number of halogens is 1. The van der Waals surface area contributed by atoms with Crippen LogP contribution in [0.15, 0.2) is 24.3 Å². The molecule has 1 aliphatic heterocycles. The Balaban J connectivity index is 0.00000192. The van der Waals surface area contributed by atoms with Gasteiger partial charge < -0.3 is 15.1 Å². The fraction of sp³-hybridized carbons (Fsp3) is 0.611. The number of piperazine rings is 1. The summed E-state index contributed by atoms with van der Waals surface area (Å²) in [4.78, 5) is 16.6. The summed E-state index contributed by atoms with van der Waals surface area (Å²) < 4.78 is 0. The molecule has 128 valence electrons. The smallest absolute Gasteiger partial charge is 0.223 e. The van der Waals surface area contributed by atoms with Gasteiger partial charge in [0.25, 0.3) is 0 Å². The van der Waals surface area contributed by atoms with Crippen LogP contribution < -0.4 is 5.32 Å². The third-order valence-corrected chi connectivity index (χ3v) is 5.09. The lowest BCUT2D eigenvalue weighted by Crippen LogP contribution is -2.47. The Morgan fingerprint density at radius 3 is 2.70 bits per heavy atom. The first kappa shape index (κ1) is 18.2. The molecule has 1 unspecified atom stereocenters. The number of nitrogens with one attached hydrogen (secondary N) is 1. The van der Waals surface area contributed by atoms with Crippen molar-refractivity contribution >= 4 is 18.3 Å². The van der Waals surface area contributed by atoms with Gasteiger partial charge in [-0.05, 0) is 37.4 Å². The van der Waals surface area contributed by atoms with Gasteiger partial charge in [-0.25, -0.2) is 0 Å². The molecule has 0 radical (unpaired) electrons. The number of hydrogen-bond acceptors (Lipinski definition) is 3. The molecule has 2 aliphatic rings. The summed E-state index contributed by atoms with van der Waals surface area (Å²) >= 11 is 0. The van der Waals surface area contributed by atoms with E-state index in [1.165, 1.54) is 17.5 Å². The monoisotopic (exact) mass is 337 g/mol. The molecule has 1 heterocycles. The Kier molecular flexibility index (Phi) is 6.88. The molecule has 1 aromatic rings. The number of aryl methyl sites for hydroxylation is 1. The minimum absolute atomic E-state index is 0. The first-order valence-electron chi connectivity index (χ1n) is 8.49. The molecule has 1 amide bonds. The zero-order valence-electron chi connectivity index (χ0n) is 14.0. The summed E-state index contributed by atoms with van der Waals surface area (Å²) in [6, 6.07) is 9.34. The molecule has 0 aromatic heterocycles. The number of carbonyl (C=O) groups excluding carboxylic acids is 1. The topological polar surface area (TPSA) is 35.6 Å². The zero-order valence-corrected chi connectivity index (χ0v) is 14.8. The number of rotatable bonds is 4. The fourth-order valence-electron chi connectivity index (χ4n) is 3.58. The molecule has 0 spiro atoms. The van der Waals surface area contributed by atoms with Crippen molar-refractivity contribution in [1.82, 2.24) is 15.1 Å². The largest absolute Gasteiger partial charge is 0.340 e. The normalized spacial score (nSPS) is 20.8. The Morgan fingerprint density at radius 2 is 1.96 bits per heavy atom. The van der Waals surface area contributed by atoms with Crippen LogP contribution in [0.4, 0.5) is 0 Å². The molecule has 1 N–H and O–H groups in total. The van der Waals surface area contributed by atoms with Gasteiger partial charge in [0, 0.05) is 45.2 Å². The van der Waals surface area contributed by atoms with Crippen LogP contribution in [0.3, 0.4) is 0 Å². The maximum Gasteiger partial charge on any atom is 0.223 e. The number of carbonyl (C=O) groups is 1. The van der Waals surface area contributed by atoms with E-state index in [1.54, 1.807) is 0 Å². The van der Waals surface area contributed by atoms with Gasteiger partial charge in [0.2, 0.25) is 5.91 Å². The molecule has 0 bridgehead atoms. The molecular formula is C18H28ClN3O. The number of hydrogen-bond donors (Lipinski definition) is 1. The molecule has 23 heavy (non-hydrogen) atoms. The van der Waals surface area contributed by atoms with Crippen molar-refractivity contribution in [2.24, 2.45) is 0 Å². The van der Waals surface area contributed by atoms with Crippen molar-refractivity contribution in [3.05, 3.63) is 35.4 Å². The SMILES string of the molecule is CN(CCC(=O)N1CCNCC1)C1CCc2ccccc2C1.Cl. The number of likely N-dealkylation sites (N-methyl/N-ethyl adjacent to an activating group) is 1. The van der Waals surface area contributed by atoms with Gasteiger partial charge in [0.05, 0.1) is 0 Å². The summed E-state index contributed by atoms with van der Waals surface area (Å²) in [5.41, 5.74) is 2.99. The highest BCUT2D eigenvalue weighted by atomic mass is 35.5. The molecule has 3 rings (SSSR count). The van der Waals surface area contributed by atoms with Crippen LogP contribution >= 0.6 is 12.4 Å². The number of fused-ring (bicyclic) bond motifs is 1. The van der Waals surface area contributed by atoms with Crippen molar-refractivity contribution < 1.29 is 4.79 Å². The maximum absolute atomic E-state index is 12.3. The molecule has 5 heteroatoms. The molecule has 1 saturated heterocycles. The summed E-state index contributed by atoms with van der Waals surface area (Å²) in [5, 5.41) is 3.29. The van der Waals surface area contributed by atoms with Crippen molar-refractivity contribution in [2.45, 2.75) is 31.7 Å². The molecule has 0 saturated carbocycles. The van der Waals surface area contributed by atoms with Crippen molar-refractivity contribution in [2.75, 3.05) is 39.8 Å². The van der Waals surface area contributed by atoms with Gasteiger partial charge in [0.1, 0.15) is 0 Å². The third kappa shape index (κ3) is 4.69. The van der Waals surface area contributed by atoms with Crippen molar-refractivity contribution in [3.63, 3.8) is 0 Å².